The van der Waals surface area contributed by atoms with Crippen molar-refractivity contribution in [3.8, 4) is 0 Å². The van der Waals surface area contributed by atoms with Crippen molar-refractivity contribution in [1.29, 1.82) is 0 Å². The van der Waals surface area contributed by atoms with Gasteiger partial charge >= 0.3 is 5.97 Å². The SMILES string of the molecule is CN(C)CCN=C(N)CCCC(=O)OCc1ccccc1. The maximum Gasteiger partial charge on any atom is 0.306 e. The minimum atomic E-state index is -0.194. The fraction of sp³-hybridized carbons (Fsp3) is 0.500. The van der Waals surface area contributed by atoms with Crippen LogP contribution < -0.4 is 5.73 Å². The Balaban J connectivity index is 2.13. The van der Waals surface area contributed by atoms with Crippen LogP contribution in [0.15, 0.2) is 35.3 Å². The standard InChI is InChI=1S/C16H25N3O2/c1-19(2)12-11-18-15(17)9-6-10-16(20)21-13-14-7-4-3-5-8-14/h3-5,7-8H,6,9-13H2,1-2H3,(H2,17,18). The Morgan fingerprint density at radius 3 is 2.62 bits per heavy atom. The molecule has 0 aliphatic heterocycles. The maximum absolute atomic E-state index is 11.6. The predicted octanol–water partition coefficient (Wildman–Crippen LogP) is 1.82. The largest absolute Gasteiger partial charge is 0.461 e. The van der Waals surface area contributed by atoms with Gasteiger partial charge in [0.25, 0.3) is 0 Å². The van der Waals surface area contributed by atoms with Crippen molar-refractivity contribution in [2.24, 2.45) is 10.7 Å². The summed E-state index contributed by atoms with van der Waals surface area (Å²) >= 11 is 0. The molecule has 0 radical (unpaired) electrons. The first-order valence-electron chi connectivity index (χ1n) is 7.21. The maximum atomic E-state index is 11.6. The number of nitrogens with zero attached hydrogens (tertiary/aromatic N) is 2. The molecule has 5 nitrogen and oxygen atoms in total. The van der Waals surface area contributed by atoms with Crippen molar-refractivity contribution in [2.75, 3.05) is 27.2 Å². The minimum absolute atomic E-state index is 0.194. The molecule has 0 amide bonds. The third-order valence-electron chi connectivity index (χ3n) is 2.92. The Labute approximate surface area is 126 Å². The van der Waals surface area contributed by atoms with Crippen LogP contribution in [0.5, 0.6) is 0 Å². The number of hydrogen-bond acceptors (Lipinski definition) is 4. The van der Waals surface area contributed by atoms with Gasteiger partial charge in [-0.3, -0.25) is 9.79 Å². The number of hydrogen-bond donors (Lipinski definition) is 1. The van der Waals surface area contributed by atoms with Crippen molar-refractivity contribution < 1.29 is 9.53 Å². The first-order chi connectivity index (χ1) is 10.1. The highest BCUT2D eigenvalue weighted by atomic mass is 16.5. The summed E-state index contributed by atoms with van der Waals surface area (Å²) in [7, 11) is 3.99. The lowest BCUT2D eigenvalue weighted by molar-refractivity contribution is -0.145. The molecule has 0 aliphatic carbocycles. The quantitative estimate of drug-likeness (QED) is 0.428. The molecule has 0 saturated carbocycles. The van der Waals surface area contributed by atoms with Crippen LogP contribution in [0.3, 0.4) is 0 Å². The smallest absolute Gasteiger partial charge is 0.306 e. The first kappa shape index (κ1) is 17.2. The van der Waals surface area contributed by atoms with E-state index in [1.807, 2.05) is 44.4 Å². The van der Waals surface area contributed by atoms with Gasteiger partial charge in [-0.2, -0.15) is 0 Å². The van der Waals surface area contributed by atoms with Crippen molar-refractivity contribution in [3.05, 3.63) is 35.9 Å². The lowest BCUT2D eigenvalue weighted by atomic mass is 10.2. The average molecular weight is 291 g/mol. The Kier molecular flexibility index (Phi) is 8.12. The zero-order valence-electron chi connectivity index (χ0n) is 12.9. The highest BCUT2D eigenvalue weighted by Gasteiger charge is 2.04. The number of esters is 1. The summed E-state index contributed by atoms with van der Waals surface area (Å²) in [5, 5.41) is 0. The molecule has 0 aromatic heterocycles. The van der Waals surface area contributed by atoms with Gasteiger partial charge in [0.1, 0.15) is 6.61 Å². The molecule has 0 unspecified atom stereocenters. The molecule has 116 valence electrons. The zero-order chi connectivity index (χ0) is 15.5. The van der Waals surface area contributed by atoms with E-state index in [0.717, 1.165) is 12.1 Å². The van der Waals surface area contributed by atoms with Gasteiger partial charge in [-0.15, -0.1) is 0 Å². The van der Waals surface area contributed by atoms with E-state index in [1.54, 1.807) is 0 Å². The van der Waals surface area contributed by atoms with Gasteiger partial charge in [-0.1, -0.05) is 30.3 Å². The molecule has 0 fully saturated rings. The van der Waals surface area contributed by atoms with E-state index in [-0.39, 0.29) is 5.97 Å². The van der Waals surface area contributed by atoms with Crippen LogP contribution in [0.1, 0.15) is 24.8 Å². The number of benzene rings is 1. The predicted molar refractivity (Wildman–Crippen MR) is 85.1 cm³/mol. The molecular formula is C16H25N3O2. The summed E-state index contributed by atoms with van der Waals surface area (Å²) in [5.74, 6) is 0.410. The molecular weight excluding hydrogens is 266 g/mol. The number of likely N-dealkylation sites (N-methyl/N-ethyl adjacent to an activating group) is 1. The number of nitrogens with two attached hydrogens (primary N) is 1. The van der Waals surface area contributed by atoms with Gasteiger partial charge in [0.2, 0.25) is 0 Å². The highest BCUT2D eigenvalue weighted by molar-refractivity contribution is 5.80. The molecule has 0 bridgehead atoms. The molecule has 1 aromatic carbocycles. The number of ether oxygens (including phenoxy) is 1. The molecule has 1 aromatic rings. The van der Waals surface area contributed by atoms with E-state index >= 15 is 0 Å². The van der Waals surface area contributed by atoms with E-state index in [0.29, 0.717) is 38.2 Å². The number of rotatable bonds is 9. The Morgan fingerprint density at radius 1 is 1.24 bits per heavy atom. The molecule has 0 aliphatic rings. The molecule has 0 atom stereocenters. The van der Waals surface area contributed by atoms with E-state index in [9.17, 15) is 4.79 Å². The van der Waals surface area contributed by atoms with Crippen molar-refractivity contribution >= 4 is 11.8 Å². The van der Waals surface area contributed by atoms with Crippen LogP contribution in [0.2, 0.25) is 0 Å². The summed E-state index contributed by atoms with van der Waals surface area (Å²) in [5.41, 5.74) is 6.79. The second kappa shape index (κ2) is 9.94. The second-order valence-corrected chi connectivity index (χ2v) is 5.18. The monoisotopic (exact) mass is 291 g/mol. The molecule has 0 heterocycles. The van der Waals surface area contributed by atoms with E-state index in [2.05, 4.69) is 9.89 Å². The summed E-state index contributed by atoms with van der Waals surface area (Å²) in [6, 6.07) is 9.65. The molecule has 1 rings (SSSR count). The van der Waals surface area contributed by atoms with Crippen molar-refractivity contribution in [1.82, 2.24) is 4.90 Å². The summed E-state index contributed by atoms with van der Waals surface area (Å²) in [6.45, 7) is 1.89. The lowest BCUT2D eigenvalue weighted by Gasteiger charge is -2.07. The van der Waals surface area contributed by atoms with E-state index < -0.39 is 0 Å². The molecule has 21 heavy (non-hydrogen) atoms. The van der Waals surface area contributed by atoms with Gasteiger partial charge in [0.05, 0.1) is 12.4 Å². The Bertz CT molecular complexity index is 444. The van der Waals surface area contributed by atoms with Crippen LogP contribution >= 0.6 is 0 Å². The number of carbonyl (C=O) groups excluding carboxylic acids is 1. The average Bonchev–Trinajstić information content (AvgIpc) is 2.46. The highest BCUT2D eigenvalue weighted by Crippen LogP contribution is 2.04. The molecule has 2 N–H and O–H groups in total. The summed E-state index contributed by atoms with van der Waals surface area (Å²) in [6.07, 6.45) is 1.68. The van der Waals surface area contributed by atoms with Gasteiger partial charge in [-0.05, 0) is 26.1 Å². The third-order valence-corrected chi connectivity index (χ3v) is 2.92. The first-order valence-corrected chi connectivity index (χ1v) is 7.21. The van der Waals surface area contributed by atoms with Crippen LogP contribution in [-0.4, -0.2) is 43.9 Å². The third kappa shape index (κ3) is 8.81. The molecule has 0 saturated heterocycles. The van der Waals surface area contributed by atoms with Crippen LogP contribution in [0.25, 0.3) is 0 Å². The minimum Gasteiger partial charge on any atom is -0.461 e. The number of aliphatic imine (C=N–C) groups is 1. The number of carbonyl (C=O) groups is 1. The van der Waals surface area contributed by atoms with E-state index in [4.69, 9.17) is 10.5 Å². The van der Waals surface area contributed by atoms with Gasteiger partial charge in [0.15, 0.2) is 0 Å². The lowest BCUT2D eigenvalue weighted by Crippen LogP contribution is -2.19. The fourth-order valence-electron chi connectivity index (χ4n) is 1.70. The van der Waals surface area contributed by atoms with Crippen molar-refractivity contribution in [2.45, 2.75) is 25.9 Å². The topological polar surface area (TPSA) is 67.9 Å². The second-order valence-electron chi connectivity index (χ2n) is 5.18. The molecule has 5 heteroatoms. The van der Waals surface area contributed by atoms with Crippen LogP contribution in [0.4, 0.5) is 0 Å². The van der Waals surface area contributed by atoms with Gasteiger partial charge < -0.3 is 15.4 Å². The van der Waals surface area contributed by atoms with Gasteiger partial charge in [0, 0.05) is 19.4 Å². The summed E-state index contributed by atoms with van der Waals surface area (Å²) < 4.78 is 5.20. The fourth-order valence-corrected chi connectivity index (χ4v) is 1.70. The Morgan fingerprint density at radius 2 is 1.95 bits per heavy atom. The van der Waals surface area contributed by atoms with Gasteiger partial charge in [-0.25, -0.2) is 0 Å². The molecule has 0 spiro atoms. The normalized spacial score (nSPS) is 11.7. The van der Waals surface area contributed by atoms with Crippen molar-refractivity contribution in [3.63, 3.8) is 0 Å². The van der Waals surface area contributed by atoms with Crippen LogP contribution in [0, 0.1) is 0 Å². The van der Waals surface area contributed by atoms with E-state index in [1.165, 1.54) is 0 Å². The zero-order valence-corrected chi connectivity index (χ0v) is 12.9. The number of amidine groups is 1. The Hall–Kier alpha value is -1.88. The van der Waals surface area contributed by atoms with Crippen LogP contribution in [-0.2, 0) is 16.1 Å². The summed E-state index contributed by atoms with van der Waals surface area (Å²) in [4.78, 5) is 17.9.